The molecule has 1 aromatic heterocycles. The van der Waals surface area contributed by atoms with Gasteiger partial charge in [0, 0.05) is 24.5 Å². The van der Waals surface area contributed by atoms with Crippen LogP contribution in [0.3, 0.4) is 0 Å². The number of amides is 1. The molecule has 2 rings (SSSR count). The fourth-order valence-corrected chi connectivity index (χ4v) is 2.05. The first-order valence-electron chi connectivity index (χ1n) is 7.00. The third-order valence-electron chi connectivity index (χ3n) is 3.08. The van der Waals surface area contributed by atoms with Crippen LogP contribution in [0.4, 0.5) is 0 Å². The molecule has 1 aromatic carbocycles. The van der Waals surface area contributed by atoms with E-state index in [1.54, 1.807) is 19.3 Å². The number of aromatic nitrogens is 2. The van der Waals surface area contributed by atoms with Gasteiger partial charge in [-0.1, -0.05) is 42.5 Å². The molecule has 6 heteroatoms. The van der Waals surface area contributed by atoms with Crippen molar-refractivity contribution < 1.29 is 14.7 Å². The molecule has 2 aromatic rings. The molecule has 118 valence electrons. The summed E-state index contributed by atoms with van der Waals surface area (Å²) < 4.78 is 0. The minimum Gasteiger partial charge on any atom is -0.474 e. The van der Waals surface area contributed by atoms with E-state index in [1.165, 1.54) is 0 Å². The summed E-state index contributed by atoms with van der Waals surface area (Å²) in [6.07, 6.45) is 3.31. The molecule has 0 radical (unpaired) electrons. The van der Waals surface area contributed by atoms with Gasteiger partial charge in [-0.3, -0.25) is 4.79 Å². The monoisotopic (exact) mass is 311 g/mol. The van der Waals surface area contributed by atoms with Crippen LogP contribution in [0.15, 0.2) is 54.9 Å². The lowest BCUT2D eigenvalue weighted by molar-refractivity contribution is -0.156. The average Bonchev–Trinajstić information content (AvgIpc) is 2.54. The van der Waals surface area contributed by atoms with Crippen molar-refractivity contribution in [1.29, 1.82) is 0 Å². The van der Waals surface area contributed by atoms with Crippen molar-refractivity contribution in [2.75, 3.05) is 6.54 Å². The SMILES string of the molecule is C=C(C)CN(Cc1ncc(-c2ccccc2)cn1)C(=O)C(=O)O. The third-order valence-corrected chi connectivity index (χ3v) is 3.08. The molecular formula is C17H17N3O3. The predicted octanol–water partition coefficient (Wildman–Crippen LogP) is 2.13. The minimum absolute atomic E-state index is 0.0209. The Hall–Kier alpha value is -3.02. The fourth-order valence-electron chi connectivity index (χ4n) is 2.05. The summed E-state index contributed by atoms with van der Waals surface area (Å²) >= 11 is 0. The van der Waals surface area contributed by atoms with Gasteiger partial charge in [0.15, 0.2) is 0 Å². The van der Waals surface area contributed by atoms with E-state index < -0.39 is 11.9 Å². The highest BCUT2D eigenvalue weighted by Crippen LogP contribution is 2.16. The summed E-state index contributed by atoms with van der Waals surface area (Å²) in [5.74, 6) is -2.13. The van der Waals surface area contributed by atoms with E-state index in [0.29, 0.717) is 11.4 Å². The van der Waals surface area contributed by atoms with E-state index in [4.69, 9.17) is 5.11 Å². The van der Waals surface area contributed by atoms with Gasteiger partial charge in [0.1, 0.15) is 5.82 Å². The van der Waals surface area contributed by atoms with E-state index in [9.17, 15) is 9.59 Å². The maximum Gasteiger partial charge on any atom is 0.394 e. The van der Waals surface area contributed by atoms with Gasteiger partial charge >= 0.3 is 11.9 Å². The molecule has 6 nitrogen and oxygen atoms in total. The predicted molar refractivity (Wildman–Crippen MR) is 85.3 cm³/mol. The van der Waals surface area contributed by atoms with Gasteiger partial charge in [-0.2, -0.15) is 0 Å². The molecule has 0 saturated heterocycles. The lowest BCUT2D eigenvalue weighted by atomic mass is 10.1. The molecule has 1 heterocycles. The molecule has 0 bridgehead atoms. The topological polar surface area (TPSA) is 83.4 Å². The van der Waals surface area contributed by atoms with Crippen LogP contribution in [0.2, 0.25) is 0 Å². The first-order chi connectivity index (χ1) is 11.0. The summed E-state index contributed by atoms with van der Waals surface area (Å²) in [5.41, 5.74) is 2.52. The van der Waals surface area contributed by atoms with Crippen LogP contribution in [0, 0.1) is 0 Å². The van der Waals surface area contributed by atoms with Gasteiger partial charge in [0.05, 0.1) is 6.54 Å². The highest BCUT2D eigenvalue weighted by atomic mass is 16.4. The van der Waals surface area contributed by atoms with Crippen LogP contribution < -0.4 is 0 Å². The van der Waals surface area contributed by atoms with E-state index in [2.05, 4.69) is 16.5 Å². The zero-order valence-electron chi connectivity index (χ0n) is 12.8. The van der Waals surface area contributed by atoms with Gasteiger partial charge in [-0.05, 0) is 12.5 Å². The molecule has 1 N–H and O–H groups in total. The van der Waals surface area contributed by atoms with Crippen LogP contribution in [0.1, 0.15) is 12.7 Å². The van der Waals surface area contributed by atoms with Crippen molar-refractivity contribution >= 4 is 11.9 Å². The van der Waals surface area contributed by atoms with Crippen LogP contribution >= 0.6 is 0 Å². The Morgan fingerprint density at radius 1 is 1.13 bits per heavy atom. The maximum absolute atomic E-state index is 11.7. The summed E-state index contributed by atoms with van der Waals surface area (Å²) in [7, 11) is 0. The second-order valence-electron chi connectivity index (χ2n) is 5.18. The van der Waals surface area contributed by atoms with Crippen molar-refractivity contribution in [3.05, 3.63) is 60.7 Å². The lowest BCUT2D eigenvalue weighted by Gasteiger charge is -2.19. The second kappa shape index (κ2) is 7.31. The molecule has 0 aliphatic heterocycles. The molecule has 0 spiro atoms. The van der Waals surface area contributed by atoms with Crippen LogP contribution in [0.5, 0.6) is 0 Å². The number of rotatable bonds is 5. The summed E-state index contributed by atoms with van der Waals surface area (Å²) in [6, 6.07) is 9.65. The molecule has 0 saturated carbocycles. The molecule has 0 aliphatic carbocycles. The fraction of sp³-hybridized carbons (Fsp3) is 0.176. The number of carbonyl (C=O) groups excluding carboxylic acids is 1. The molecule has 0 unspecified atom stereocenters. The van der Waals surface area contributed by atoms with Crippen molar-refractivity contribution in [3.63, 3.8) is 0 Å². The highest BCUT2D eigenvalue weighted by Gasteiger charge is 2.22. The quantitative estimate of drug-likeness (QED) is 0.675. The molecule has 0 aliphatic rings. The van der Waals surface area contributed by atoms with E-state index in [-0.39, 0.29) is 13.1 Å². The lowest BCUT2D eigenvalue weighted by Crippen LogP contribution is -2.37. The number of carbonyl (C=O) groups is 2. The Balaban J connectivity index is 2.16. The number of hydrogen-bond donors (Lipinski definition) is 1. The van der Waals surface area contributed by atoms with Crippen LogP contribution in [-0.4, -0.2) is 38.4 Å². The normalized spacial score (nSPS) is 10.1. The van der Waals surface area contributed by atoms with Crippen molar-refractivity contribution in [3.8, 4) is 11.1 Å². The van der Waals surface area contributed by atoms with Gasteiger partial charge in [-0.15, -0.1) is 0 Å². The standard InChI is InChI=1S/C17H17N3O3/c1-12(2)10-20(16(21)17(22)23)11-15-18-8-14(9-19-15)13-6-4-3-5-7-13/h3-9H,1,10-11H2,2H3,(H,22,23). The molecule has 0 fully saturated rings. The number of nitrogens with zero attached hydrogens (tertiary/aromatic N) is 3. The molecule has 23 heavy (non-hydrogen) atoms. The number of carboxylic acids is 1. The summed E-state index contributed by atoms with van der Waals surface area (Å²) in [5, 5.41) is 8.87. The Morgan fingerprint density at radius 3 is 2.26 bits per heavy atom. The zero-order chi connectivity index (χ0) is 16.8. The molecule has 0 atom stereocenters. The zero-order valence-corrected chi connectivity index (χ0v) is 12.8. The first-order valence-corrected chi connectivity index (χ1v) is 7.00. The van der Waals surface area contributed by atoms with Gasteiger partial charge < -0.3 is 10.0 Å². The second-order valence-corrected chi connectivity index (χ2v) is 5.18. The number of aliphatic carboxylic acids is 1. The number of carboxylic acid groups (broad SMARTS) is 1. The van der Waals surface area contributed by atoms with Crippen molar-refractivity contribution in [2.24, 2.45) is 0 Å². The average molecular weight is 311 g/mol. The Morgan fingerprint density at radius 2 is 1.74 bits per heavy atom. The van der Waals surface area contributed by atoms with E-state index >= 15 is 0 Å². The number of hydrogen-bond acceptors (Lipinski definition) is 4. The highest BCUT2D eigenvalue weighted by molar-refractivity contribution is 6.31. The van der Waals surface area contributed by atoms with E-state index in [0.717, 1.165) is 16.0 Å². The van der Waals surface area contributed by atoms with Gasteiger partial charge in [-0.25, -0.2) is 14.8 Å². The summed E-state index contributed by atoms with van der Waals surface area (Å²) in [4.78, 5) is 32.2. The smallest absolute Gasteiger partial charge is 0.394 e. The number of benzene rings is 1. The van der Waals surface area contributed by atoms with Crippen LogP contribution in [0.25, 0.3) is 11.1 Å². The van der Waals surface area contributed by atoms with Crippen LogP contribution in [-0.2, 0) is 16.1 Å². The van der Waals surface area contributed by atoms with Gasteiger partial charge in [0.2, 0.25) is 0 Å². The Kier molecular flexibility index (Phi) is 5.19. The van der Waals surface area contributed by atoms with Gasteiger partial charge in [0.25, 0.3) is 0 Å². The molecule has 1 amide bonds. The Bertz CT molecular complexity index is 712. The van der Waals surface area contributed by atoms with Crippen molar-refractivity contribution in [2.45, 2.75) is 13.5 Å². The third kappa shape index (κ3) is 4.47. The maximum atomic E-state index is 11.7. The van der Waals surface area contributed by atoms with E-state index in [1.807, 2.05) is 30.3 Å². The largest absolute Gasteiger partial charge is 0.474 e. The Labute approximate surface area is 134 Å². The van der Waals surface area contributed by atoms with Crippen molar-refractivity contribution in [1.82, 2.24) is 14.9 Å². The molecular weight excluding hydrogens is 294 g/mol. The minimum atomic E-state index is -1.51. The first kappa shape index (κ1) is 16.4. The summed E-state index contributed by atoms with van der Waals surface area (Å²) in [6.45, 7) is 5.60.